The Kier molecular flexibility index (Phi) is 13.0. The Morgan fingerprint density at radius 3 is 2.07 bits per heavy atom. The first kappa shape index (κ1) is 34.3. The Morgan fingerprint density at radius 1 is 0.841 bits per heavy atom. The van der Waals surface area contributed by atoms with Crippen LogP contribution in [0.2, 0.25) is 0 Å². The van der Waals surface area contributed by atoms with Crippen LogP contribution in [-0.2, 0) is 17.8 Å². The monoisotopic (exact) mass is 609 g/mol. The normalized spacial score (nSPS) is 13.1. The summed E-state index contributed by atoms with van der Waals surface area (Å²) in [6.45, 7) is 7.05. The molecule has 3 unspecified atom stereocenters. The molecule has 0 bridgehead atoms. The van der Waals surface area contributed by atoms with E-state index in [1.165, 1.54) is 6.07 Å². The number of aliphatic hydroxyl groups is 2. The van der Waals surface area contributed by atoms with Gasteiger partial charge in [-0.25, -0.2) is 8.78 Å². The fourth-order valence-electron chi connectivity index (χ4n) is 5.01. The summed E-state index contributed by atoms with van der Waals surface area (Å²) in [5, 5.41) is 27.2. The van der Waals surface area contributed by atoms with Gasteiger partial charge >= 0.3 is 0 Å². The lowest BCUT2D eigenvalue weighted by atomic mass is 9.95. The minimum Gasteiger partial charge on any atom is -0.390 e. The Hall–Kier alpha value is -4.15. The Morgan fingerprint density at radius 2 is 1.45 bits per heavy atom. The van der Waals surface area contributed by atoms with Crippen molar-refractivity contribution in [3.63, 3.8) is 0 Å². The van der Waals surface area contributed by atoms with Crippen molar-refractivity contribution < 1.29 is 33.4 Å². The zero-order chi connectivity index (χ0) is 32.2. The molecule has 3 aromatic rings. The lowest BCUT2D eigenvalue weighted by Crippen LogP contribution is -2.50. The van der Waals surface area contributed by atoms with Crippen molar-refractivity contribution in [3.8, 4) is 0 Å². The molecule has 3 amide bonds. The van der Waals surface area contributed by atoms with Gasteiger partial charge < -0.3 is 25.7 Å². The second kappa shape index (κ2) is 16.6. The third kappa shape index (κ3) is 10.2. The van der Waals surface area contributed by atoms with Crippen molar-refractivity contribution in [2.24, 2.45) is 0 Å². The SMILES string of the molecule is CCCN(CCC)C(=O)c1cc(C)cc(C(=O)NC(Cc2cc(F)cc(F)c2)C(O)C(O)CC(=O)NCc2ccccc2)c1. The minimum absolute atomic E-state index is 0.127. The molecule has 3 aromatic carbocycles. The largest absolute Gasteiger partial charge is 0.390 e. The first-order chi connectivity index (χ1) is 21.0. The topological polar surface area (TPSA) is 119 Å². The number of rotatable bonds is 15. The highest BCUT2D eigenvalue weighted by atomic mass is 19.1. The van der Waals surface area contributed by atoms with Crippen molar-refractivity contribution in [2.75, 3.05) is 13.1 Å². The van der Waals surface area contributed by atoms with E-state index in [-0.39, 0.29) is 30.0 Å². The molecule has 0 saturated carbocycles. The predicted octanol–water partition coefficient (Wildman–Crippen LogP) is 4.30. The van der Waals surface area contributed by atoms with Crippen LogP contribution in [-0.4, -0.2) is 64.2 Å². The summed E-state index contributed by atoms with van der Waals surface area (Å²) < 4.78 is 27.9. The summed E-state index contributed by atoms with van der Waals surface area (Å²) in [4.78, 5) is 41.0. The summed E-state index contributed by atoms with van der Waals surface area (Å²) in [5.74, 6) is -3.10. The molecule has 0 aliphatic heterocycles. The molecule has 8 nitrogen and oxygen atoms in total. The Bertz CT molecular complexity index is 1390. The smallest absolute Gasteiger partial charge is 0.253 e. The van der Waals surface area contributed by atoms with E-state index in [2.05, 4.69) is 10.6 Å². The van der Waals surface area contributed by atoms with E-state index < -0.39 is 48.1 Å². The molecule has 0 aromatic heterocycles. The van der Waals surface area contributed by atoms with Crippen LogP contribution in [0.4, 0.5) is 8.78 Å². The van der Waals surface area contributed by atoms with E-state index >= 15 is 0 Å². The van der Waals surface area contributed by atoms with Crippen LogP contribution in [0.15, 0.2) is 66.7 Å². The Labute approximate surface area is 257 Å². The number of hydrogen-bond acceptors (Lipinski definition) is 5. The van der Waals surface area contributed by atoms with Gasteiger partial charge in [-0.3, -0.25) is 14.4 Å². The molecule has 0 saturated heterocycles. The summed E-state index contributed by atoms with van der Waals surface area (Å²) >= 11 is 0. The van der Waals surface area contributed by atoms with Crippen molar-refractivity contribution in [1.82, 2.24) is 15.5 Å². The summed E-state index contributed by atoms with van der Waals surface area (Å²) in [6.07, 6.45) is -2.46. The highest BCUT2D eigenvalue weighted by Crippen LogP contribution is 2.17. The van der Waals surface area contributed by atoms with Crippen molar-refractivity contribution in [3.05, 3.63) is 106 Å². The van der Waals surface area contributed by atoms with Crippen LogP contribution < -0.4 is 10.6 Å². The number of aliphatic hydroxyl groups excluding tert-OH is 2. The number of nitrogens with one attached hydrogen (secondary N) is 2. The predicted molar refractivity (Wildman–Crippen MR) is 164 cm³/mol. The van der Waals surface area contributed by atoms with E-state index in [0.717, 1.165) is 30.5 Å². The van der Waals surface area contributed by atoms with Gasteiger partial charge in [-0.05, 0) is 73.2 Å². The van der Waals surface area contributed by atoms with Gasteiger partial charge in [-0.1, -0.05) is 44.2 Å². The maximum Gasteiger partial charge on any atom is 0.253 e. The average molecular weight is 610 g/mol. The molecule has 0 heterocycles. The van der Waals surface area contributed by atoms with Crippen LogP contribution in [0.25, 0.3) is 0 Å². The van der Waals surface area contributed by atoms with E-state index in [1.54, 1.807) is 24.0 Å². The molecular formula is C34H41F2N3O5. The Balaban J connectivity index is 1.81. The lowest BCUT2D eigenvalue weighted by molar-refractivity contribution is -0.125. The molecule has 236 valence electrons. The number of benzene rings is 3. The number of aryl methyl sites for hydroxylation is 1. The summed E-state index contributed by atoms with van der Waals surface area (Å²) in [6, 6.07) is 15.4. The molecule has 4 N–H and O–H groups in total. The molecule has 0 aliphatic carbocycles. The molecular weight excluding hydrogens is 568 g/mol. The minimum atomic E-state index is -1.68. The van der Waals surface area contributed by atoms with Crippen molar-refractivity contribution >= 4 is 17.7 Å². The molecule has 0 spiro atoms. The first-order valence-corrected chi connectivity index (χ1v) is 14.8. The maximum absolute atomic E-state index is 14.0. The standard InChI is InChI=1S/C34H41F2N3O5/c1-4-11-39(12-5-2)34(44)26-14-22(3)13-25(18-26)33(43)38-29(17-24-15-27(35)19-28(36)16-24)32(42)30(40)20-31(41)37-21-23-9-7-6-8-10-23/h6-10,13-16,18-19,29-30,32,40,42H,4-5,11-12,17,20-21H2,1-3H3,(H,37,41)(H,38,43). The van der Waals surface area contributed by atoms with E-state index in [0.29, 0.717) is 30.3 Å². The zero-order valence-corrected chi connectivity index (χ0v) is 25.4. The quantitative estimate of drug-likeness (QED) is 0.205. The maximum atomic E-state index is 14.0. The van der Waals surface area contributed by atoms with Crippen molar-refractivity contribution in [1.29, 1.82) is 0 Å². The van der Waals surface area contributed by atoms with Gasteiger partial charge in [0.05, 0.1) is 18.6 Å². The fourth-order valence-corrected chi connectivity index (χ4v) is 5.01. The second-order valence-electron chi connectivity index (χ2n) is 11.0. The zero-order valence-electron chi connectivity index (χ0n) is 25.4. The van der Waals surface area contributed by atoms with Crippen LogP contribution in [0, 0.1) is 18.6 Å². The van der Waals surface area contributed by atoms with Crippen LogP contribution in [0.3, 0.4) is 0 Å². The number of carbonyl (C=O) groups excluding carboxylic acids is 3. The third-order valence-corrected chi connectivity index (χ3v) is 7.09. The van der Waals surface area contributed by atoms with Gasteiger partial charge in [0.25, 0.3) is 11.8 Å². The second-order valence-corrected chi connectivity index (χ2v) is 11.0. The molecule has 3 rings (SSSR count). The first-order valence-electron chi connectivity index (χ1n) is 14.8. The van der Waals surface area contributed by atoms with Crippen LogP contribution >= 0.6 is 0 Å². The molecule has 10 heteroatoms. The van der Waals surface area contributed by atoms with Gasteiger partial charge in [0, 0.05) is 36.8 Å². The van der Waals surface area contributed by atoms with Crippen LogP contribution in [0.1, 0.15) is 70.5 Å². The van der Waals surface area contributed by atoms with Crippen molar-refractivity contribution in [2.45, 2.75) is 71.2 Å². The van der Waals surface area contributed by atoms with Gasteiger partial charge in [-0.15, -0.1) is 0 Å². The number of carbonyl (C=O) groups is 3. The fraction of sp³-hybridized carbons (Fsp3) is 0.382. The van der Waals surface area contributed by atoms with E-state index in [9.17, 15) is 33.4 Å². The summed E-state index contributed by atoms with van der Waals surface area (Å²) in [7, 11) is 0. The molecule has 0 radical (unpaired) electrons. The van der Waals surface area contributed by atoms with Gasteiger partial charge in [0.15, 0.2) is 0 Å². The van der Waals surface area contributed by atoms with Gasteiger partial charge in [0.1, 0.15) is 17.7 Å². The van der Waals surface area contributed by atoms with Gasteiger partial charge in [-0.2, -0.15) is 0 Å². The van der Waals surface area contributed by atoms with Gasteiger partial charge in [0.2, 0.25) is 5.91 Å². The van der Waals surface area contributed by atoms with E-state index in [1.807, 2.05) is 44.2 Å². The molecule has 3 atom stereocenters. The lowest BCUT2D eigenvalue weighted by Gasteiger charge is -2.28. The number of nitrogens with zero attached hydrogens (tertiary/aromatic N) is 1. The highest BCUT2D eigenvalue weighted by Gasteiger charge is 2.30. The molecule has 0 fully saturated rings. The van der Waals surface area contributed by atoms with Crippen LogP contribution in [0.5, 0.6) is 0 Å². The number of hydrogen-bond donors (Lipinski definition) is 4. The number of halogens is 2. The summed E-state index contributed by atoms with van der Waals surface area (Å²) in [5.41, 5.74) is 2.10. The molecule has 0 aliphatic rings. The molecule has 44 heavy (non-hydrogen) atoms. The highest BCUT2D eigenvalue weighted by molar-refractivity contribution is 6.00. The number of amides is 3. The van der Waals surface area contributed by atoms with E-state index in [4.69, 9.17) is 0 Å². The third-order valence-electron chi connectivity index (χ3n) is 7.09. The average Bonchev–Trinajstić information content (AvgIpc) is 2.98.